The summed E-state index contributed by atoms with van der Waals surface area (Å²) >= 11 is 0. The van der Waals surface area contributed by atoms with Gasteiger partial charge in [0.05, 0.1) is 0 Å². The fourth-order valence-electron chi connectivity index (χ4n) is 1.94. The van der Waals surface area contributed by atoms with E-state index in [9.17, 15) is 9.90 Å². The predicted molar refractivity (Wildman–Crippen MR) is 52.6 cm³/mol. The van der Waals surface area contributed by atoms with Gasteiger partial charge >= 0.3 is 0 Å². The molecule has 2 heterocycles. The smallest absolute Gasteiger partial charge is 0.231 e. The lowest BCUT2D eigenvalue weighted by molar-refractivity contribution is -0.126. The summed E-state index contributed by atoms with van der Waals surface area (Å²) in [4.78, 5) is 11.2. The molecule has 0 saturated heterocycles. The van der Waals surface area contributed by atoms with Crippen LogP contribution in [-0.4, -0.2) is 23.8 Å². The van der Waals surface area contributed by atoms with E-state index in [1.54, 1.807) is 12.1 Å². The number of rotatable bonds is 1. The molecule has 1 aromatic carbocycles. The van der Waals surface area contributed by atoms with Gasteiger partial charge < -0.3 is 19.3 Å². The summed E-state index contributed by atoms with van der Waals surface area (Å²) in [6.07, 6.45) is -1.75. The Morgan fingerprint density at radius 3 is 2.69 bits per heavy atom. The monoisotopic (exact) mass is 222 g/mol. The van der Waals surface area contributed by atoms with Gasteiger partial charge in [0, 0.05) is 11.6 Å². The second kappa shape index (κ2) is 3.12. The highest BCUT2D eigenvalue weighted by atomic mass is 16.7. The molecule has 3 rings (SSSR count). The number of ketones is 1. The number of hydrogen-bond donors (Lipinski definition) is 1. The van der Waals surface area contributed by atoms with E-state index in [1.807, 2.05) is 0 Å². The Bertz CT molecular complexity index is 468. The standard InChI is InChI=1S/C11H10O5/c1-5(12)11-10(13)6-2-8-9(15-4-14-8)3-7(6)16-11/h2-3,10-11,13H,4H2,1H3/t10-,11-/m1/s1. The third-order valence-electron chi connectivity index (χ3n) is 2.77. The number of carbonyl (C=O) groups excluding carboxylic acids is 1. The zero-order valence-electron chi connectivity index (χ0n) is 8.60. The summed E-state index contributed by atoms with van der Waals surface area (Å²) in [6.45, 7) is 1.56. The van der Waals surface area contributed by atoms with E-state index in [0.717, 1.165) is 0 Å². The highest BCUT2D eigenvalue weighted by Crippen LogP contribution is 2.45. The number of Topliss-reactive ketones (excluding diaryl/α,β-unsaturated/α-hetero) is 1. The van der Waals surface area contributed by atoms with E-state index >= 15 is 0 Å². The third-order valence-corrected chi connectivity index (χ3v) is 2.77. The molecule has 2 atom stereocenters. The highest BCUT2D eigenvalue weighted by Gasteiger charge is 2.37. The van der Waals surface area contributed by atoms with Gasteiger partial charge in [0.25, 0.3) is 0 Å². The molecule has 5 nitrogen and oxygen atoms in total. The van der Waals surface area contributed by atoms with Crippen molar-refractivity contribution in [3.8, 4) is 17.2 Å². The second-order valence-electron chi connectivity index (χ2n) is 3.84. The molecular formula is C11H10O5. The zero-order chi connectivity index (χ0) is 11.3. The molecule has 2 aliphatic heterocycles. The average Bonchev–Trinajstić information content (AvgIpc) is 2.80. The van der Waals surface area contributed by atoms with Crippen molar-refractivity contribution in [3.05, 3.63) is 17.7 Å². The van der Waals surface area contributed by atoms with Crippen molar-refractivity contribution in [1.29, 1.82) is 0 Å². The molecule has 5 heteroatoms. The van der Waals surface area contributed by atoms with Crippen LogP contribution in [-0.2, 0) is 4.79 Å². The van der Waals surface area contributed by atoms with Gasteiger partial charge in [0.1, 0.15) is 11.9 Å². The maximum absolute atomic E-state index is 11.2. The number of fused-ring (bicyclic) bond motifs is 2. The van der Waals surface area contributed by atoms with Crippen LogP contribution in [0.2, 0.25) is 0 Å². The van der Waals surface area contributed by atoms with Crippen LogP contribution in [0.25, 0.3) is 0 Å². The molecule has 1 aromatic rings. The van der Waals surface area contributed by atoms with Gasteiger partial charge in [-0.15, -0.1) is 0 Å². The van der Waals surface area contributed by atoms with E-state index in [-0.39, 0.29) is 12.6 Å². The maximum Gasteiger partial charge on any atom is 0.231 e. The van der Waals surface area contributed by atoms with Crippen LogP contribution in [0.4, 0.5) is 0 Å². The molecule has 0 aromatic heterocycles. The zero-order valence-corrected chi connectivity index (χ0v) is 8.60. The summed E-state index contributed by atoms with van der Waals surface area (Å²) in [5, 5.41) is 9.90. The van der Waals surface area contributed by atoms with E-state index in [2.05, 4.69) is 0 Å². The predicted octanol–water partition coefficient (Wildman–Crippen LogP) is 0.799. The fraction of sp³-hybridized carbons (Fsp3) is 0.364. The number of carbonyl (C=O) groups is 1. The molecule has 84 valence electrons. The van der Waals surface area contributed by atoms with Gasteiger partial charge in [-0.05, 0) is 13.0 Å². The quantitative estimate of drug-likeness (QED) is 0.761. The molecule has 0 aliphatic carbocycles. The fourth-order valence-corrected chi connectivity index (χ4v) is 1.94. The summed E-state index contributed by atoms with van der Waals surface area (Å²) in [5.41, 5.74) is 0.574. The van der Waals surface area contributed by atoms with Crippen molar-refractivity contribution in [2.45, 2.75) is 19.1 Å². The second-order valence-corrected chi connectivity index (χ2v) is 3.84. The van der Waals surface area contributed by atoms with Crippen LogP contribution in [0.1, 0.15) is 18.6 Å². The molecular weight excluding hydrogens is 212 g/mol. The number of aliphatic hydroxyl groups is 1. The molecule has 0 fully saturated rings. The molecule has 16 heavy (non-hydrogen) atoms. The van der Waals surface area contributed by atoms with Crippen molar-refractivity contribution >= 4 is 5.78 Å². The Kier molecular flexibility index (Phi) is 1.85. The Morgan fingerprint density at radius 1 is 1.31 bits per heavy atom. The summed E-state index contributed by atoms with van der Waals surface area (Å²) in [6, 6.07) is 3.30. The van der Waals surface area contributed by atoms with Crippen molar-refractivity contribution in [1.82, 2.24) is 0 Å². The van der Waals surface area contributed by atoms with Gasteiger partial charge in [0.2, 0.25) is 6.79 Å². The number of ether oxygens (including phenoxy) is 3. The Hall–Kier alpha value is -1.75. The molecule has 0 spiro atoms. The highest BCUT2D eigenvalue weighted by molar-refractivity contribution is 5.83. The SMILES string of the molecule is CC(=O)[C@H]1Oc2cc3c(cc2[C@H]1O)OCO3. The lowest BCUT2D eigenvalue weighted by atomic mass is 10.0. The van der Waals surface area contributed by atoms with Crippen LogP contribution >= 0.6 is 0 Å². The van der Waals surface area contributed by atoms with Gasteiger partial charge in [-0.25, -0.2) is 0 Å². The first-order valence-corrected chi connectivity index (χ1v) is 4.95. The summed E-state index contributed by atoms with van der Waals surface area (Å²) in [5.74, 6) is 1.43. The molecule has 0 saturated carbocycles. The number of hydrogen-bond acceptors (Lipinski definition) is 5. The van der Waals surface area contributed by atoms with E-state index in [1.165, 1.54) is 6.92 Å². The topological polar surface area (TPSA) is 65.0 Å². The van der Waals surface area contributed by atoms with Crippen LogP contribution < -0.4 is 14.2 Å². The van der Waals surface area contributed by atoms with Crippen molar-refractivity contribution in [2.24, 2.45) is 0 Å². The van der Waals surface area contributed by atoms with Gasteiger partial charge in [-0.3, -0.25) is 4.79 Å². The minimum atomic E-state index is -0.929. The molecule has 2 aliphatic rings. The van der Waals surface area contributed by atoms with E-state index in [4.69, 9.17) is 14.2 Å². The first-order chi connectivity index (χ1) is 7.66. The first kappa shape index (κ1) is 9.47. The van der Waals surface area contributed by atoms with E-state index < -0.39 is 12.2 Å². The molecule has 0 amide bonds. The number of aliphatic hydroxyl groups excluding tert-OH is 1. The first-order valence-electron chi connectivity index (χ1n) is 4.95. The van der Waals surface area contributed by atoms with Crippen LogP contribution in [0.5, 0.6) is 17.2 Å². The summed E-state index contributed by atoms with van der Waals surface area (Å²) < 4.78 is 15.8. The summed E-state index contributed by atoms with van der Waals surface area (Å²) in [7, 11) is 0. The maximum atomic E-state index is 11.2. The van der Waals surface area contributed by atoms with Crippen LogP contribution in [0.3, 0.4) is 0 Å². The van der Waals surface area contributed by atoms with Gasteiger partial charge in [0.15, 0.2) is 23.4 Å². The average molecular weight is 222 g/mol. The normalized spacial score (nSPS) is 25.1. The Balaban J connectivity index is 2.04. The van der Waals surface area contributed by atoms with Crippen molar-refractivity contribution in [2.75, 3.05) is 6.79 Å². The van der Waals surface area contributed by atoms with Crippen molar-refractivity contribution < 1.29 is 24.1 Å². The number of benzene rings is 1. The van der Waals surface area contributed by atoms with Crippen LogP contribution in [0.15, 0.2) is 12.1 Å². The molecule has 0 unspecified atom stereocenters. The Morgan fingerprint density at radius 2 is 2.00 bits per heavy atom. The minimum Gasteiger partial charge on any atom is -0.479 e. The largest absolute Gasteiger partial charge is 0.479 e. The van der Waals surface area contributed by atoms with Crippen LogP contribution in [0, 0.1) is 0 Å². The third kappa shape index (κ3) is 1.18. The van der Waals surface area contributed by atoms with Gasteiger partial charge in [-0.1, -0.05) is 0 Å². The van der Waals surface area contributed by atoms with Gasteiger partial charge in [-0.2, -0.15) is 0 Å². The lowest BCUT2D eigenvalue weighted by Crippen LogP contribution is -2.26. The van der Waals surface area contributed by atoms with E-state index in [0.29, 0.717) is 22.8 Å². The molecule has 1 N–H and O–H groups in total. The Labute approximate surface area is 91.5 Å². The lowest BCUT2D eigenvalue weighted by Gasteiger charge is -2.09. The van der Waals surface area contributed by atoms with Crippen molar-refractivity contribution in [3.63, 3.8) is 0 Å². The minimum absolute atomic E-state index is 0.171. The molecule has 0 radical (unpaired) electrons. The molecule has 0 bridgehead atoms.